The zero-order chi connectivity index (χ0) is 21.6. The molecule has 0 aliphatic rings. The van der Waals surface area contributed by atoms with Crippen molar-refractivity contribution < 1.29 is 9.53 Å². The molecule has 0 heterocycles. The second kappa shape index (κ2) is 9.43. The van der Waals surface area contributed by atoms with E-state index in [0.29, 0.717) is 18.1 Å². The summed E-state index contributed by atoms with van der Waals surface area (Å²) in [4.78, 5) is 12.5. The second-order valence-corrected chi connectivity index (χ2v) is 7.99. The molecule has 0 saturated heterocycles. The van der Waals surface area contributed by atoms with E-state index in [1.165, 1.54) is 0 Å². The fourth-order valence-electron chi connectivity index (χ4n) is 3.52. The standard InChI is InChI=1S/C27H26N2O2/c1-19(2)15-16-31-23-13-11-20(12-14-23)27(30)29-28-18-26-24-9-5-3-7-21(24)17-22-8-4-6-10-25(22)26/h3-14,17-19H,15-16H2,1-2H3,(H,29,30). The number of nitrogens with one attached hydrogen (secondary N) is 1. The van der Waals surface area contributed by atoms with Crippen molar-refractivity contribution in [2.75, 3.05) is 6.61 Å². The van der Waals surface area contributed by atoms with E-state index in [1.54, 1.807) is 18.3 Å². The van der Waals surface area contributed by atoms with Gasteiger partial charge in [-0.15, -0.1) is 0 Å². The van der Waals surface area contributed by atoms with Crippen molar-refractivity contribution in [1.82, 2.24) is 5.43 Å². The zero-order valence-electron chi connectivity index (χ0n) is 17.8. The highest BCUT2D eigenvalue weighted by molar-refractivity contribution is 6.13. The first-order valence-corrected chi connectivity index (χ1v) is 10.6. The topological polar surface area (TPSA) is 50.7 Å². The summed E-state index contributed by atoms with van der Waals surface area (Å²) in [6.07, 6.45) is 2.73. The molecule has 4 aromatic rings. The number of fused-ring (bicyclic) bond motifs is 2. The van der Waals surface area contributed by atoms with E-state index in [0.717, 1.165) is 39.3 Å². The monoisotopic (exact) mass is 410 g/mol. The minimum absolute atomic E-state index is 0.255. The van der Waals surface area contributed by atoms with Crippen LogP contribution in [0.3, 0.4) is 0 Å². The first-order valence-electron chi connectivity index (χ1n) is 10.6. The minimum Gasteiger partial charge on any atom is -0.494 e. The van der Waals surface area contributed by atoms with Crippen molar-refractivity contribution in [3.8, 4) is 5.75 Å². The van der Waals surface area contributed by atoms with E-state index >= 15 is 0 Å². The summed E-state index contributed by atoms with van der Waals surface area (Å²) in [5.41, 5.74) is 4.17. The third-order valence-corrected chi connectivity index (χ3v) is 5.25. The molecule has 0 radical (unpaired) electrons. The Morgan fingerprint density at radius 1 is 0.935 bits per heavy atom. The molecule has 0 spiro atoms. The van der Waals surface area contributed by atoms with Gasteiger partial charge in [0.15, 0.2) is 0 Å². The van der Waals surface area contributed by atoms with Gasteiger partial charge in [-0.1, -0.05) is 62.4 Å². The quantitative estimate of drug-likeness (QED) is 0.225. The molecule has 0 unspecified atom stereocenters. The molecule has 1 N–H and O–H groups in total. The Kier molecular flexibility index (Phi) is 6.27. The number of hydrazone groups is 1. The van der Waals surface area contributed by atoms with Gasteiger partial charge in [0, 0.05) is 11.1 Å². The Balaban J connectivity index is 1.49. The van der Waals surface area contributed by atoms with E-state index in [-0.39, 0.29) is 5.91 Å². The number of hydrogen-bond donors (Lipinski definition) is 1. The highest BCUT2D eigenvalue weighted by atomic mass is 16.5. The van der Waals surface area contributed by atoms with Crippen LogP contribution >= 0.6 is 0 Å². The predicted molar refractivity (Wildman–Crippen MR) is 128 cm³/mol. The van der Waals surface area contributed by atoms with Crippen molar-refractivity contribution in [2.24, 2.45) is 11.0 Å². The molecular formula is C27H26N2O2. The minimum atomic E-state index is -0.255. The number of nitrogens with zero attached hydrogens (tertiary/aromatic N) is 1. The molecular weight excluding hydrogens is 384 g/mol. The number of ether oxygens (including phenoxy) is 1. The van der Waals surface area contributed by atoms with Crippen LogP contribution in [0.5, 0.6) is 5.75 Å². The smallest absolute Gasteiger partial charge is 0.271 e. The Hall–Kier alpha value is -3.66. The fourth-order valence-corrected chi connectivity index (χ4v) is 3.52. The van der Waals surface area contributed by atoms with Crippen molar-refractivity contribution >= 4 is 33.7 Å². The zero-order valence-corrected chi connectivity index (χ0v) is 17.8. The maximum Gasteiger partial charge on any atom is 0.271 e. The summed E-state index contributed by atoms with van der Waals surface area (Å²) in [5.74, 6) is 1.11. The lowest BCUT2D eigenvalue weighted by Crippen LogP contribution is -2.17. The molecule has 4 nitrogen and oxygen atoms in total. The highest BCUT2D eigenvalue weighted by Crippen LogP contribution is 2.27. The van der Waals surface area contributed by atoms with Crippen molar-refractivity contribution in [3.63, 3.8) is 0 Å². The average Bonchev–Trinajstić information content (AvgIpc) is 2.78. The SMILES string of the molecule is CC(C)CCOc1ccc(C(=O)NN=Cc2c3ccccc3cc3ccccc23)cc1. The lowest BCUT2D eigenvalue weighted by atomic mass is 9.97. The van der Waals surface area contributed by atoms with Gasteiger partial charge >= 0.3 is 0 Å². The Morgan fingerprint density at radius 2 is 1.55 bits per heavy atom. The number of hydrogen-bond acceptors (Lipinski definition) is 3. The molecule has 0 aromatic heterocycles. The van der Waals surface area contributed by atoms with Crippen molar-refractivity contribution in [3.05, 3.63) is 90.0 Å². The molecule has 156 valence electrons. The summed E-state index contributed by atoms with van der Waals surface area (Å²) >= 11 is 0. The van der Waals surface area contributed by atoms with Gasteiger partial charge in [0.25, 0.3) is 5.91 Å². The number of amides is 1. The van der Waals surface area contributed by atoms with E-state index in [9.17, 15) is 4.79 Å². The van der Waals surface area contributed by atoms with Crippen LogP contribution in [0.4, 0.5) is 0 Å². The molecule has 0 fully saturated rings. The lowest BCUT2D eigenvalue weighted by molar-refractivity contribution is 0.0955. The first kappa shape index (κ1) is 20.6. The number of carbonyl (C=O) groups is 1. The van der Waals surface area contributed by atoms with Crippen LogP contribution in [-0.2, 0) is 0 Å². The lowest BCUT2D eigenvalue weighted by Gasteiger charge is -2.09. The Bertz CT molecular complexity index is 1170. The number of rotatable bonds is 7. The van der Waals surface area contributed by atoms with Crippen LogP contribution in [0, 0.1) is 5.92 Å². The second-order valence-electron chi connectivity index (χ2n) is 7.99. The molecule has 1 amide bonds. The number of benzene rings is 4. The third kappa shape index (κ3) is 4.92. The van der Waals surface area contributed by atoms with Gasteiger partial charge in [-0.3, -0.25) is 4.79 Å². The molecule has 4 rings (SSSR count). The molecule has 0 aliphatic heterocycles. The molecule has 0 atom stereocenters. The predicted octanol–water partition coefficient (Wildman–Crippen LogP) is 6.18. The van der Waals surface area contributed by atoms with E-state index in [2.05, 4.69) is 54.7 Å². The van der Waals surface area contributed by atoms with E-state index in [1.807, 2.05) is 36.4 Å². The Morgan fingerprint density at radius 3 is 2.16 bits per heavy atom. The highest BCUT2D eigenvalue weighted by Gasteiger charge is 2.07. The molecule has 31 heavy (non-hydrogen) atoms. The van der Waals surface area contributed by atoms with Gasteiger partial charge in [0.1, 0.15) is 5.75 Å². The summed E-state index contributed by atoms with van der Waals surface area (Å²) in [6, 6.07) is 25.7. The van der Waals surface area contributed by atoms with Gasteiger partial charge in [0.05, 0.1) is 12.8 Å². The molecule has 4 heteroatoms. The summed E-state index contributed by atoms with van der Waals surface area (Å²) in [6.45, 7) is 5.00. The Labute approximate surface area is 182 Å². The van der Waals surface area contributed by atoms with Crippen molar-refractivity contribution in [2.45, 2.75) is 20.3 Å². The average molecular weight is 411 g/mol. The molecule has 0 aliphatic carbocycles. The molecule has 4 aromatic carbocycles. The van der Waals surface area contributed by atoms with Gasteiger partial charge < -0.3 is 4.74 Å². The molecule has 0 bridgehead atoms. The van der Waals surface area contributed by atoms with Crippen LogP contribution < -0.4 is 10.2 Å². The third-order valence-electron chi connectivity index (χ3n) is 5.25. The largest absolute Gasteiger partial charge is 0.494 e. The van der Waals surface area contributed by atoms with Gasteiger partial charge in [-0.05, 0) is 64.2 Å². The summed E-state index contributed by atoms with van der Waals surface area (Å²) < 4.78 is 5.71. The van der Waals surface area contributed by atoms with Gasteiger partial charge in [-0.25, -0.2) is 5.43 Å². The number of carbonyl (C=O) groups excluding carboxylic acids is 1. The van der Waals surface area contributed by atoms with Crippen LogP contribution in [0.2, 0.25) is 0 Å². The maximum absolute atomic E-state index is 12.5. The normalized spacial score (nSPS) is 11.5. The van der Waals surface area contributed by atoms with Crippen LogP contribution in [0.25, 0.3) is 21.5 Å². The van der Waals surface area contributed by atoms with Crippen LogP contribution in [0.1, 0.15) is 36.2 Å². The fraction of sp³-hybridized carbons (Fsp3) is 0.185. The van der Waals surface area contributed by atoms with Crippen LogP contribution in [-0.4, -0.2) is 18.7 Å². The first-order chi connectivity index (χ1) is 15.1. The van der Waals surface area contributed by atoms with Crippen molar-refractivity contribution in [1.29, 1.82) is 0 Å². The van der Waals surface area contributed by atoms with Gasteiger partial charge in [0.2, 0.25) is 0 Å². The van der Waals surface area contributed by atoms with Gasteiger partial charge in [-0.2, -0.15) is 5.10 Å². The molecule has 0 saturated carbocycles. The van der Waals surface area contributed by atoms with Crippen LogP contribution in [0.15, 0.2) is 84.0 Å². The maximum atomic E-state index is 12.5. The summed E-state index contributed by atoms with van der Waals surface area (Å²) in [5, 5.41) is 8.73. The van der Waals surface area contributed by atoms with E-state index in [4.69, 9.17) is 4.74 Å². The summed E-state index contributed by atoms with van der Waals surface area (Å²) in [7, 11) is 0. The van der Waals surface area contributed by atoms with E-state index < -0.39 is 0 Å².